The molecule has 1 fully saturated rings. The first-order valence-electron chi connectivity index (χ1n) is 5.58. The molecule has 1 saturated heterocycles. The Morgan fingerprint density at radius 1 is 1.56 bits per heavy atom. The van der Waals surface area contributed by atoms with E-state index in [0.29, 0.717) is 43.6 Å². The van der Waals surface area contributed by atoms with Crippen LogP contribution in [0.4, 0.5) is 11.6 Å². The number of nitrogens with zero attached hydrogens (tertiary/aromatic N) is 2. The largest absolute Gasteiger partial charge is 0.490 e. The van der Waals surface area contributed by atoms with Gasteiger partial charge in [0, 0.05) is 19.6 Å². The van der Waals surface area contributed by atoms with Crippen molar-refractivity contribution in [3.05, 3.63) is 6.33 Å². The zero-order chi connectivity index (χ0) is 13.0. The predicted molar refractivity (Wildman–Crippen MR) is 65.3 cm³/mol. The van der Waals surface area contributed by atoms with Gasteiger partial charge in [-0.15, -0.1) is 0 Å². The summed E-state index contributed by atoms with van der Waals surface area (Å²) in [4.78, 5) is 7.98. The Labute approximate surface area is 104 Å². The average Bonchev–Trinajstić information content (AvgIpc) is 2.83. The van der Waals surface area contributed by atoms with Gasteiger partial charge in [-0.2, -0.15) is 0 Å². The molecule has 1 aliphatic rings. The molecular weight excluding hydrogens is 238 g/mol. The molecule has 1 aromatic rings. The normalized spacial score (nSPS) is 22.8. The second-order valence-corrected chi connectivity index (χ2v) is 4.13. The molecule has 100 valence electrons. The van der Waals surface area contributed by atoms with E-state index in [1.807, 2.05) is 0 Å². The van der Waals surface area contributed by atoms with Crippen LogP contribution in [0.25, 0.3) is 0 Å². The van der Waals surface area contributed by atoms with Crippen LogP contribution < -0.4 is 21.3 Å². The molecule has 1 aromatic heterocycles. The van der Waals surface area contributed by atoms with E-state index in [1.54, 1.807) is 0 Å². The lowest BCUT2D eigenvalue weighted by atomic mass is 10.0. The van der Waals surface area contributed by atoms with Gasteiger partial charge in [0.1, 0.15) is 11.9 Å². The molecule has 1 unspecified atom stereocenters. The lowest BCUT2D eigenvalue weighted by molar-refractivity contribution is 0.0381. The summed E-state index contributed by atoms with van der Waals surface area (Å²) in [6, 6.07) is 0. The zero-order valence-corrected chi connectivity index (χ0v) is 10.1. The maximum atomic E-state index is 10.1. The fraction of sp³-hybridized carbons (Fsp3) is 0.600. The second-order valence-electron chi connectivity index (χ2n) is 4.13. The van der Waals surface area contributed by atoms with Crippen LogP contribution in [0.15, 0.2) is 6.33 Å². The van der Waals surface area contributed by atoms with E-state index in [4.69, 9.17) is 15.3 Å². The molecule has 0 aliphatic carbocycles. The van der Waals surface area contributed by atoms with E-state index < -0.39 is 5.60 Å². The van der Waals surface area contributed by atoms with Crippen LogP contribution in [0.1, 0.15) is 6.42 Å². The molecular formula is C10H17N5O3. The van der Waals surface area contributed by atoms with Gasteiger partial charge < -0.3 is 25.3 Å². The molecule has 0 bridgehead atoms. The number of rotatable bonds is 5. The van der Waals surface area contributed by atoms with Crippen LogP contribution in [-0.2, 0) is 4.74 Å². The first-order valence-corrected chi connectivity index (χ1v) is 5.58. The number of aliphatic hydroxyl groups is 1. The van der Waals surface area contributed by atoms with Crippen molar-refractivity contribution >= 4 is 11.6 Å². The van der Waals surface area contributed by atoms with Crippen molar-refractivity contribution in [1.82, 2.24) is 9.97 Å². The van der Waals surface area contributed by atoms with Crippen LogP contribution in [-0.4, -0.2) is 47.5 Å². The van der Waals surface area contributed by atoms with Crippen LogP contribution in [0, 0.1) is 0 Å². The quantitative estimate of drug-likeness (QED) is 0.405. The number of hydrazine groups is 1. The van der Waals surface area contributed by atoms with E-state index in [9.17, 15) is 5.11 Å². The summed E-state index contributed by atoms with van der Waals surface area (Å²) in [7, 11) is 1.50. The summed E-state index contributed by atoms with van der Waals surface area (Å²) in [5.41, 5.74) is 1.55. The highest BCUT2D eigenvalue weighted by Crippen LogP contribution is 2.29. The fourth-order valence-corrected chi connectivity index (χ4v) is 1.78. The summed E-state index contributed by atoms with van der Waals surface area (Å²) in [5.74, 6) is 6.58. The number of anilines is 2. The number of ether oxygens (including phenoxy) is 2. The molecule has 1 atom stereocenters. The van der Waals surface area contributed by atoms with Gasteiger partial charge in [-0.1, -0.05) is 0 Å². The molecule has 8 nitrogen and oxygen atoms in total. The van der Waals surface area contributed by atoms with Crippen molar-refractivity contribution in [1.29, 1.82) is 0 Å². The minimum absolute atomic E-state index is 0.315. The molecule has 2 rings (SSSR count). The Morgan fingerprint density at radius 2 is 2.33 bits per heavy atom. The standard InChI is InChI=1S/C10H17N5O3/c1-17-7-8(13-6-14-9(7)15-11)12-4-10(16)2-3-18-5-10/h6,16H,2-5,11H2,1H3,(H2,12,13,14,15). The van der Waals surface area contributed by atoms with Gasteiger partial charge in [0.2, 0.25) is 5.75 Å². The monoisotopic (exact) mass is 255 g/mol. The molecule has 2 heterocycles. The predicted octanol–water partition coefficient (Wildman–Crippen LogP) is -0.666. The summed E-state index contributed by atoms with van der Waals surface area (Å²) in [6.45, 7) is 1.20. The van der Waals surface area contributed by atoms with E-state index in [-0.39, 0.29) is 0 Å². The van der Waals surface area contributed by atoms with Gasteiger partial charge in [0.25, 0.3) is 0 Å². The molecule has 0 saturated carbocycles. The summed E-state index contributed by atoms with van der Waals surface area (Å²) >= 11 is 0. The van der Waals surface area contributed by atoms with E-state index in [2.05, 4.69) is 20.7 Å². The lowest BCUT2D eigenvalue weighted by Crippen LogP contribution is -2.37. The van der Waals surface area contributed by atoms with Gasteiger partial charge in [-0.3, -0.25) is 0 Å². The minimum Gasteiger partial charge on any atom is -0.490 e. The SMILES string of the molecule is COc1c(NN)ncnc1NCC1(O)CCOC1. The number of hydrogen-bond donors (Lipinski definition) is 4. The number of nitrogens with one attached hydrogen (secondary N) is 2. The van der Waals surface area contributed by atoms with Crippen LogP contribution >= 0.6 is 0 Å². The smallest absolute Gasteiger partial charge is 0.205 e. The van der Waals surface area contributed by atoms with Crippen molar-refractivity contribution in [3.8, 4) is 5.75 Å². The third-order valence-corrected chi connectivity index (χ3v) is 2.81. The highest BCUT2D eigenvalue weighted by molar-refractivity contribution is 5.63. The Morgan fingerprint density at radius 3 is 2.94 bits per heavy atom. The van der Waals surface area contributed by atoms with E-state index in [1.165, 1.54) is 13.4 Å². The van der Waals surface area contributed by atoms with Gasteiger partial charge in [0.15, 0.2) is 11.6 Å². The number of nitrogen functional groups attached to an aromatic ring is 1. The van der Waals surface area contributed by atoms with E-state index >= 15 is 0 Å². The first kappa shape index (κ1) is 12.8. The Balaban J connectivity index is 2.09. The number of nitrogens with two attached hydrogens (primary N) is 1. The number of aromatic nitrogens is 2. The Kier molecular flexibility index (Phi) is 3.80. The maximum absolute atomic E-state index is 10.1. The molecule has 0 amide bonds. The molecule has 1 aliphatic heterocycles. The maximum Gasteiger partial charge on any atom is 0.205 e. The molecule has 8 heteroatoms. The van der Waals surface area contributed by atoms with Crippen molar-refractivity contribution < 1.29 is 14.6 Å². The fourth-order valence-electron chi connectivity index (χ4n) is 1.78. The Hall–Kier alpha value is -1.64. The third kappa shape index (κ3) is 2.61. The number of methoxy groups -OCH3 is 1. The van der Waals surface area contributed by atoms with Crippen LogP contribution in [0.3, 0.4) is 0 Å². The van der Waals surface area contributed by atoms with Gasteiger partial charge in [-0.05, 0) is 0 Å². The summed E-state index contributed by atoms with van der Waals surface area (Å²) in [6.07, 6.45) is 1.95. The lowest BCUT2D eigenvalue weighted by Gasteiger charge is -2.21. The third-order valence-electron chi connectivity index (χ3n) is 2.81. The summed E-state index contributed by atoms with van der Waals surface area (Å²) in [5, 5.41) is 13.2. The van der Waals surface area contributed by atoms with Crippen molar-refractivity contribution in [2.45, 2.75) is 12.0 Å². The van der Waals surface area contributed by atoms with Crippen LogP contribution in [0.2, 0.25) is 0 Å². The van der Waals surface area contributed by atoms with E-state index in [0.717, 1.165) is 0 Å². The first-order chi connectivity index (χ1) is 8.68. The topological polar surface area (TPSA) is 115 Å². The van der Waals surface area contributed by atoms with Gasteiger partial charge >= 0.3 is 0 Å². The zero-order valence-electron chi connectivity index (χ0n) is 10.1. The highest BCUT2D eigenvalue weighted by Gasteiger charge is 2.32. The average molecular weight is 255 g/mol. The number of hydrogen-bond acceptors (Lipinski definition) is 8. The minimum atomic E-state index is -0.869. The van der Waals surface area contributed by atoms with Gasteiger partial charge in [0.05, 0.1) is 13.7 Å². The van der Waals surface area contributed by atoms with Crippen molar-refractivity contribution in [3.63, 3.8) is 0 Å². The molecule has 0 aromatic carbocycles. The highest BCUT2D eigenvalue weighted by atomic mass is 16.5. The Bertz CT molecular complexity index is 408. The molecule has 18 heavy (non-hydrogen) atoms. The van der Waals surface area contributed by atoms with Crippen LogP contribution in [0.5, 0.6) is 5.75 Å². The van der Waals surface area contributed by atoms with Crippen molar-refractivity contribution in [2.24, 2.45) is 5.84 Å². The molecule has 0 spiro atoms. The molecule has 5 N–H and O–H groups in total. The second kappa shape index (κ2) is 5.34. The molecule has 0 radical (unpaired) electrons. The van der Waals surface area contributed by atoms with Gasteiger partial charge in [-0.25, -0.2) is 15.8 Å². The summed E-state index contributed by atoms with van der Waals surface area (Å²) < 4.78 is 10.3. The van der Waals surface area contributed by atoms with Crippen molar-refractivity contribution in [2.75, 3.05) is 37.6 Å².